The van der Waals surface area contributed by atoms with Crippen molar-refractivity contribution in [2.45, 2.75) is 6.92 Å². The highest BCUT2D eigenvalue weighted by molar-refractivity contribution is 5.94. The first kappa shape index (κ1) is 15.0. The van der Waals surface area contributed by atoms with Gasteiger partial charge < -0.3 is 10.2 Å². The molecule has 0 saturated carbocycles. The van der Waals surface area contributed by atoms with E-state index in [1.54, 1.807) is 26.2 Å². The number of carbonyl (C=O) groups excluding carboxylic acids is 1. The summed E-state index contributed by atoms with van der Waals surface area (Å²) >= 11 is 0. The Labute approximate surface area is 122 Å². The zero-order valence-corrected chi connectivity index (χ0v) is 12.1. The van der Waals surface area contributed by atoms with E-state index in [1.165, 1.54) is 17.0 Å². The Morgan fingerprint density at radius 3 is 2.24 bits per heavy atom. The number of halogens is 2. The molecule has 5 heteroatoms. The van der Waals surface area contributed by atoms with Crippen LogP contribution in [0.2, 0.25) is 0 Å². The number of nitrogens with zero attached hydrogens (tertiary/aromatic N) is 1. The molecule has 2 rings (SSSR count). The van der Waals surface area contributed by atoms with Gasteiger partial charge in [-0.05, 0) is 36.8 Å². The van der Waals surface area contributed by atoms with Gasteiger partial charge >= 0.3 is 6.03 Å². The van der Waals surface area contributed by atoms with Crippen molar-refractivity contribution in [2.24, 2.45) is 0 Å². The SMILES string of the molecule is Cc1ccc(NC(=O)N(C)C)c(-c2cc(F)cc(F)c2)c1. The van der Waals surface area contributed by atoms with Crippen LogP contribution >= 0.6 is 0 Å². The van der Waals surface area contributed by atoms with Gasteiger partial charge in [0.2, 0.25) is 0 Å². The van der Waals surface area contributed by atoms with Crippen LogP contribution in [-0.2, 0) is 0 Å². The highest BCUT2D eigenvalue weighted by Crippen LogP contribution is 2.30. The number of benzene rings is 2. The van der Waals surface area contributed by atoms with E-state index in [1.807, 2.05) is 13.0 Å². The first-order valence-corrected chi connectivity index (χ1v) is 6.42. The lowest BCUT2D eigenvalue weighted by Gasteiger charge is -2.16. The molecule has 0 spiro atoms. The van der Waals surface area contributed by atoms with E-state index >= 15 is 0 Å². The van der Waals surface area contributed by atoms with Crippen LogP contribution in [0.1, 0.15) is 5.56 Å². The lowest BCUT2D eigenvalue weighted by molar-refractivity contribution is 0.230. The van der Waals surface area contributed by atoms with Crippen molar-refractivity contribution in [3.05, 3.63) is 53.6 Å². The summed E-state index contributed by atoms with van der Waals surface area (Å²) in [7, 11) is 3.23. The van der Waals surface area contributed by atoms with Gasteiger partial charge in [-0.15, -0.1) is 0 Å². The number of urea groups is 1. The number of carbonyl (C=O) groups is 1. The van der Waals surface area contributed by atoms with Crippen LogP contribution in [0, 0.1) is 18.6 Å². The largest absolute Gasteiger partial charge is 0.331 e. The molecule has 0 aliphatic heterocycles. The van der Waals surface area contributed by atoms with E-state index in [-0.39, 0.29) is 6.03 Å². The lowest BCUT2D eigenvalue weighted by atomic mass is 10.0. The van der Waals surface area contributed by atoms with Crippen LogP contribution in [0.3, 0.4) is 0 Å². The van der Waals surface area contributed by atoms with E-state index in [2.05, 4.69) is 5.32 Å². The van der Waals surface area contributed by atoms with Crippen molar-refractivity contribution in [1.82, 2.24) is 4.90 Å². The van der Waals surface area contributed by atoms with Gasteiger partial charge in [0.15, 0.2) is 0 Å². The number of hydrogen-bond donors (Lipinski definition) is 1. The highest BCUT2D eigenvalue weighted by Gasteiger charge is 2.12. The van der Waals surface area contributed by atoms with E-state index in [4.69, 9.17) is 0 Å². The van der Waals surface area contributed by atoms with E-state index in [0.29, 0.717) is 16.8 Å². The van der Waals surface area contributed by atoms with E-state index < -0.39 is 11.6 Å². The molecule has 0 bridgehead atoms. The number of anilines is 1. The molecule has 1 N–H and O–H groups in total. The topological polar surface area (TPSA) is 32.3 Å². The summed E-state index contributed by atoms with van der Waals surface area (Å²) in [4.78, 5) is 13.2. The lowest BCUT2D eigenvalue weighted by Crippen LogP contribution is -2.27. The average Bonchev–Trinajstić information content (AvgIpc) is 2.39. The van der Waals surface area contributed by atoms with Crippen molar-refractivity contribution < 1.29 is 13.6 Å². The Morgan fingerprint density at radius 1 is 1.05 bits per heavy atom. The van der Waals surface area contributed by atoms with Crippen LogP contribution in [0.5, 0.6) is 0 Å². The molecule has 2 aromatic rings. The maximum atomic E-state index is 13.4. The molecular weight excluding hydrogens is 274 g/mol. The zero-order chi connectivity index (χ0) is 15.6. The summed E-state index contributed by atoms with van der Waals surface area (Å²) < 4.78 is 26.8. The molecule has 3 nitrogen and oxygen atoms in total. The molecule has 0 aromatic heterocycles. The first-order valence-electron chi connectivity index (χ1n) is 6.42. The Kier molecular flexibility index (Phi) is 4.21. The third kappa shape index (κ3) is 3.56. The van der Waals surface area contributed by atoms with Gasteiger partial charge in [0, 0.05) is 25.7 Å². The number of nitrogens with one attached hydrogen (secondary N) is 1. The second-order valence-electron chi connectivity index (χ2n) is 5.03. The maximum Gasteiger partial charge on any atom is 0.321 e. The molecule has 0 aliphatic carbocycles. The van der Waals surface area contributed by atoms with Crippen molar-refractivity contribution >= 4 is 11.7 Å². The normalized spacial score (nSPS) is 10.3. The summed E-state index contributed by atoms with van der Waals surface area (Å²) in [5, 5.41) is 2.72. The number of hydrogen-bond acceptors (Lipinski definition) is 1. The fourth-order valence-corrected chi connectivity index (χ4v) is 1.94. The summed E-state index contributed by atoms with van der Waals surface area (Å²) in [6.07, 6.45) is 0. The Bertz CT molecular complexity index is 664. The van der Waals surface area contributed by atoms with Crippen LogP contribution < -0.4 is 5.32 Å². The van der Waals surface area contributed by atoms with E-state index in [0.717, 1.165) is 11.6 Å². The molecule has 2 amide bonds. The molecule has 0 radical (unpaired) electrons. The third-order valence-corrected chi connectivity index (χ3v) is 3.00. The smallest absolute Gasteiger partial charge is 0.321 e. The molecule has 0 fully saturated rings. The zero-order valence-electron chi connectivity index (χ0n) is 12.1. The standard InChI is InChI=1S/C16H16F2N2O/c1-10-4-5-15(19-16(21)20(2)3)14(6-10)11-7-12(17)9-13(18)8-11/h4-9H,1-3H3,(H,19,21). The third-order valence-electron chi connectivity index (χ3n) is 3.00. The summed E-state index contributed by atoms with van der Waals surface area (Å²) in [6, 6.07) is 8.31. The predicted octanol–water partition coefficient (Wildman–Crippen LogP) is 4.03. The van der Waals surface area contributed by atoms with Gasteiger partial charge in [-0.3, -0.25) is 0 Å². The molecule has 0 heterocycles. The van der Waals surface area contributed by atoms with Crippen LogP contribution in [0.25, 0.3) is 11.1 Å². The first-order chi connectivity index (χ1) is 9.86. The Balaban J connectivity index is 2.51. The summed E-state index contributed by atoms with van der Waals surface area (Å²) in [5.41, 5.74) is 2.38. The molecule has 0 atom stereocenters. The van der Waals surface area contributed by atoms with Gasteiger partial charge in [-0.25, -0.2) is 13.6 Å². The molecule has 0 aliphatic rings. The second-order valence-corrected chi connectivity index (χ2v) is 5.03. The van der Waals surface area contributed by atoms with Gasteiger partial charge in [0.1, 0.15) is 11.6 Å². The number of aryl methyl sites for hydroxylation is 1. The van der Waals surface area contributed by atoms with Crippen molar-refractivity contribution in [3.63, 3.8) is 0 Å². The minimum atomic E-state index is -0.656. The summed E-state index contributed by atoms with van der Waals surface area (Å²) in [5.74, 6) is -1.31. The van der Waals surface area contributed by atoms with E-state index in [9.17, 15) is 13.6 Å². The van der Waals surface area contributed by atoms with Crippen molar-refractivity contribution in [3.8, 4) is 11.1 Å². The molecular formula is C16H16F2N2O. The quantitative estimate of drug-likeness (QED) is 0.889. The second kappa shape index (κ2) is 5.91. The predicted molar refractivity (Wildman–Crippen MR) is 79.2 cm³/mol. The number of rotatable bonds is 2. The fourth-order valence-electron chi connectivity index (χ4n) is 1.94. The molecule has 2 aromatic carbocycles. The number of amides is 2. The molecule has 110 valence electrons. The van der Waals surface area contributed by atoms with Gasteiger partial charge in [0.25, 0.3) is 0 Å². The molecule has 0 unspecified atom stereocenters. The molecule has 21 heavy (non-hydrogen) atoms. The van der Waals surface area contributed by atoms with Crippen molar-refractivity contribution in [2.75, 3.05) is 19.4 Å². The fraction of sp³-hybridized carbons (Fsp3) is 0.188. The Morgan fingerprint density at radius 2 is 1.67 bits per heavy atom. The molecule has 0 saturated heterocycles. The van der Waals surface area contributed by atoms with Crippen molar-refractivity contribution in [1.29, 1.82) is 0 Å². The highest BCUT2D eigenvalue weighted by atomic mass is 19.1. The minimum absolute atomic E-state index is 0.308. The van der Waals surface area contributed by atoms with Gasteiger partial charge in [-0.1, -0.05) is 11.6 Å². The Hall–Kier alpha value is -2.43. The monoisotopic (exact) mass is 290 g/mol. The van der Waals surface area contributed by atoms with Crippen LogP contribution in [-0.4, -0.2) is 25.0 Å². The average molecular weight is 290 g/mol. The van der Waals surface area contributed by atoms with Gasteiger partial charge in [-0.2, -0.15) is 0 Å². The van der Waals surface area contributed by atoms with Crippen LogP contribution in [0.4, 0.5) is 19.3 Å². The summed E-state index contributed by atoms with van der Waals surface area (Å²) in [6.45, 7) is 1.87. The van der Waals surface area contributed by atoms with Crippen LogP contribution in [0.15, 0.2) is 36.4 Å². The minimum Gasteiger partial charge on any atom is -0.331 e. The van der Waals surface area contributed by atoms with Gasteiger partial charge in [0.05, 0.1) is 5.69 Å². The maximum absolute atomic E-state index is 13.4.